The molecule has 0 fully saturated rings. The molecular formula is C31H43N2Si+. The Balaban J connectivity index is 2.25. The number of benzene rings is 2. The molecule has 180 valence electrons. The normalized spacial score (nSPS) is 17.0. The number of para-hydroxylation sites is 1. The van der Waals surface area contributed by atoms with E-state index in [-0.39, 0.29) is 5.04 Å². The Morgan fingerprint density at radius 1 is 0.794 bits per heavy atom. The third-order valence-electron chi connectivity index (χ3n) is 9.29. The van der Waals surface area contributed by atoms with E-state index in [2.05, 4.69) is 122 Å². The van der Waals surface area contributed by atoms with E-state index in [1.165, 1.54) is 38.4 Å². The number of fused-ring (bicyclic) bond motifs is 3. The third-order valence-corrected chi connectivity index (χ3v) is 16.7. The van der Waals surface area contributed by atoms with Gasteiger partial charge in [0, 0.05) is 16.1 Å². The van der Waals surface area contributed by atoms with Crippen molar-refractivity contribution in [1.29, 1.82) is 0 Å². The van der Waals surface area contributed by atoms with Gasteiger partial charge in [-0.15, -0.1) is 4.68 Å². The summed E-state index contributed by atoms with van der Waals surface area (Å²) >= 11 is 0. The fraction of sp³-hybridized carbons (Fsp3) is 0.516. The predicted octanol–water partition coefficient (Wildman–Crippen LogP) is 7.85. The summed E-state index contributed by atoms with van der Waals surface area (Å²) in [5.41, 5.74) is 8.74. The lowest BCUT2D eigenvalue weighted by atomic mass is 9.90. The largest absolute Gasteiger partial charge is 0.247 e. The quantitative estimate of drug-likeness (QED) is 0.163. The summed E-state index contributed by atoms with van der Waals surface area (Å²) in [5, 5.41) is 6.20. The molecule has 4 aromatic rings. The van der Waals surface area contributed by atoms with E-state index in [1.807, 2.05) is 0 Å². The van der Waals surface area contributed by atoms with E-state index in [4.69, 9.17) is 0 Å². The Morgan fingerprint density at radius 2 is 1.38 bits per heavy atom. The first-order chi connectivity index (χ1) is 15.9. The maximum atomic E-state index is 2.67. The van der Waals surface area contributed by atoms with Gasteiger partial charge in [0.05, 0.1) is 22.5 Å². The first-order valence-electron chi connectivity index (χ1n) is 13.4. The average Bonchev–Trinajstić information content (AvgIpc) is 3.06. The zero-order chi connectivity index (χ0) is 24.9. The Kier molecular flexibility index (Phi) is 5.16. The number of aromatic nitrogens is 2. The van der Waals surface area contributed by atoms with Crippen LogP contribution in [0.4, 0.5) is 0 Å². The van der Waals surface area contributed by atoms with Crippen LogP contribution < -0.4 is 9.70 Å². The molecule has 0 aliphatic carbocycles. The summed E-state index contributed by atoms with van der Waals surface area (Å²) in [5.74, 6) is 0.468. The summed E-state index contributed by atoms with van der Waals surface area (Å²) in [4.78, 5) is 0. The standard InChI is InChI=1S/C31H43N2Si/c1-18(2)23-14-12-16-25-24-15-13-17-26-27(24)29-30(22(9)32(19(3)4)33(29)28(23)25)34(20(5)6,21(7)8)31(26,10)11/h12-21H,1-11H3/q+1. The van der Waals surface area contributed by atoms with Crippen molar-refractivity contribution in [3.05, 3.63) is 53.2 Å². The third kappa shape index (κ3) is 2.55. The molecule has 2 nitrogen and oxygen atoms in total. The van der Waals surface area contributed by atoms with Gasteiger partial charge < -0.3 is 0 Å². The Hall–Kier alpha value is -2.13. The van der Waals surface area contributed by atoms with Gasteiger partial charge in [0.15, 0.2) is 0 Å². The average molecular weight is 472 g/mol. The van der Waals surface area contributed by atoms with E-state index in [9.17, 15) is 0 Å². The van der Waals surface area contributed by atoms with E-state index in [0.29, 0.717) is 23.0 Å². The zero-order valence-electron chi connectivity index (χ0n) is 23.2. The SMILES string of the molecule is Cc1c2c3c4c(cccc4c4cccc(C(C)C)c4[n+]3n1C(C)C)C(C)(C)[Si]2(C(C)C)C(C)C. The van der Waals surface area contributed by atoms with Crippen molar-refractivity contribution in [3.63, 3.8) is 0 Å². The number of nitrogens with zero attached hydrogens (tertiary/aromatic N) is 2. The van der Waals surface area contributed by atoms with Gasteiger partial charge >= 0.3 is 0 Å². The smallest absolute Gasteiger partial charge is 0.149 e. The highest BCUT2D eigenvalue weighted by atomic mass is 28.3. The van der Waals surface area contributed by atoms with Crippen LogP contribution in [0.15, 0.2) is 36.4 Å². The predicted molar refractivity (Wildman–Crippen MR) is 150 cm³/mol. The Morgan fingerprint density at radius 3 is 1.94 bits per heavy atom. The number of rotatable bonds is 4. The van der Waals surface area contributed by atoms with Gasteiger partial charge in [0.1, 0.15) is 8.07 Å². The Labute approximate surface area is 207 Å². The molecule has 0 atom stereocenters. The van der Waals surface area contributed by atoms with Crippen LogP contribution in [0.2, 0.25) is 11.1 Å². The molecule has 1 aliphatic rings. The van der Waals surface area contributed by atoms with Gasteiger partial charge in [0.2, 0.25) is 11.0 Å². The van der Waals surface area contributed by atoms with E-state index >= 15 is 0 Å². The summed E-state index contributed by atoms with van der Waals surface area (Å²) < 4.78 is 5.32. The van der Waals surface area contributed by atoms with Gasteiger partial charge in [-0.2, -0.15) is 0 Å². The number of hydrogen-bond acceptors (Lipinski definition) is 0. The van der Waals surface area contributed by atoms with Crippen molar-refractivity contribution >= 4 is 40.5 Å². The van der Waals surface area contributed by atoms with E-state index in [1.54, 1.807) is 10.8 Å². The van der Waals surface area contributed by atoms with Crippen LogP contribution in [0.25, 0.3) is 27.2 Å². The first-order valence-corrected chi connectivity index (χ1v) is 15.5. The number of hydrogen-bond donors (Lipinski definition) is 0. The molecule has 0 amide bonds. The molecule has 2 aromatic carbocycles. The molecular weight excluding hydrogens is 428 g/mol. The lowest BCUT2D eigenvalue weighted by molar-refractivity contribution is -0.586. The maximum absolute atomic E-state index is 2.67. The Bertz CT molecular complexity index is 1440. The molecule has 0 saturated carbocycles. The number of pyridine rings is 1. The van der Waals surface area contributed by atoms with Crippen molar-refractivity contribution in [3.8, 4) is 0 Å². The molecule has 0 unspecified atom stereocenters. The van der Waals surface area contributed by atoms with Crippen LogP contribution >= 0.6 is 0 Å². The molecule has 2 aromatic heterocycles. The molecule has 0 radical (unpaired) electrons. The van der Waals surface area contributed by atoms with Crippen molar-refractivity contribution in [2.75, 3.05) is 0 Å². The van der Waals surface area contributed by atoms with Gasteiger partial charge in [0.25, 0.3) is 0 Å². The monoisotopic (exact) mass is 471 g/mol. The van der Waals surface area contributed by atoms with Crippen molar-refractivity contribution < 1.29 is 4.52 Å². The van der Waals surface area contributed by atoms with Gasteiger partial charge in [-0.1, -0.05) is 90.2 Å². The van der Waals surface area contributed by atoms with Gasteiger partial charge in [-0.05, 0) is 54.4 Å². The molecule has 3 heteroatoms. The second-order valence-electron chi connectivity index (χ2n) is 12.5. The van der Waals surface area contributed by atoms with Crippen LogP contribution in [0.3, 0.4) is 0 Å². The van der Waals surface area contributed by atoms with Gasteiger partial charge in [-0.25, -0.2) is 0 Å². The van der Waals surface area contributed by atoms with Crippen LogP contribution in [-0.2, 0) is 5.04 Å². The lowest BCUT2D eigenvalue weighted by Crippen LogP contribution is -2.68. The topological polar surface area (TPSA) is 9.03 Å². The molecule has 0 bridgehead atoms. The minimum atomic E-state index is -2.03. The van der Waals surface area contributed by atoms with Gasteiger partial charge in [-0.3, -0.25) is 0 Å². The molecule has 5 rings (SSSR count). The highest BCUT2D eigenvalue weighted by Gasteiger charge is 2.61. The van der Waals surface area contributed by atoms with E-state index < -0.39 is 8.07 Å². The zero-order valence-corrected chi connectivity index (χ0v) is 24.2. The van der Waals surface area contributed by atoms with Crippen LogP contribution in [-0.4, -0.2) is 12.8 Å². The van der Waals surface area contributed by atoms with Crippen LogP contribution in [0.5, 0.6) is 0 Å². The summed E-state index contributed by atoms with van der Waals surface area (Å²) in [7, 11) is -2.03. The molecule has 34 heavy (non-hydrogen) atoms. The fourth-order valence-corrected chi connectivity index (χ4v) is 16.5. The fourth-order valence-electron chi connectivity index (χ4n) is 8.47. The highest BCUT2D eigenvalue weighted by Crippen LogP contribution is 2.53. The van der Waals surface area contributed by atoms with Crippen molar-refractivity contribution in [2.24, 2.45) is 0 Å². The summed E-state index contributed by atoms with van der Waals surface area (Å²) in [6.45, 7) is 27.1. The van der Waals surface area contributed by atoms with Crippen LogP contribution in [0, 0.1) is 6.92 Å². The molecule has 3 heterocycles. The summed E-state index contributed by atoms with van der Waals surface area (Å²) in [6.07, 6.45) is 0. The molecule has 0 spiro atoms. The van der Waals surface area contributed by atoms with Crippen molar-refractivity contribution in [2.45, 2.75) is 104 Å². The lowest BCUT2D eigenvalue weighted by Gasteiger charge is -2.52. The first kappa shape index (κ1) is 23.6. The summed E-state index contributed by atoms with van der Waals surface area (Å²) in [6, 6.07) is 14.5. The van der Waals surface area contributed by atoms with E-state index in [0.717, 1.165) is 0 Å². The minimum absolute atomic E-state index is 0.145. The maximum Gasteiger partial charge on any atom is 0.247 e. The second kappa shape index (κ2) is 7.43. The van der Waals surface area contributed by atoms with Crippen LogP contribution in [0.1, 0.15) is 98.0 Å². The molecule has 0 N–H and O–H groups in total. The second-order valence-corrected chi connectivity index (χ2v) is 18.3. The molecule has 1 aliphatic heterocycles. The minimum Gasteiger partial charge on any atom is -0.149 e. The van der Waals surface area contributed by atoms with Crippen molar-refractivity contribution in [1.82, 2.24) is 4.68 Å². The highest BCUT2D eigenvalue weighted by molar-refractivity contribution is 6.98. The molecule has 0 saturated heterocycles.